The predicted molar refractivity (Wildman–Crippen MR) is 127 cm³/mol. The van der Waals surface area contributed by atoms with Crippen LogP contribution >= 0.6 is 0 Å². The normalized spacial score (nSPS) is 17.0. The molecule has 0 fully saturated rings. The molecule has 0 spiro atoms. The van der Waals surface area contributed by atoms with E-state index in [0.29, 0.717) is 0 Å². The predicted octanol–water partition coefficient (Wildman–Crippen LogP) is 6.66. The molecule has 4 aromatic rings. The van der Waals surface area contributed by atoms with Crippen LogP contribution in [0.5, 0.6) is 0 Å². The van der Waals surface area contributed by atoms with Gasteiger partial charge in [-0.1, -0.05) is 78.9 Å². The van der Waals surface area contributed by atoms with Crippen molar-refractivity contribution in [2.75, 3.05) is 4.90 Å². The second-order valence-corrected chi connectivity index (χ2v) is 8.49. The van der Waals surface area contributed by atoms with E-state index in [4.69, 9.17) is 5.32 Å². The van der Waals surface area contributed by atoms with Gasteiger partial charge in [0.25, 0.3) is 0 Å². The van der Waals surface area contributed by atoms with E-state index in [1.54, 1.807) is 0 Å². The molecule has 2 heterocycles. The highest BCUT2D eigenvalue weighted by atomic mass is 15.2. The molecule has 31 heavy (non-hydrogen) atoms. The fourth-order valence-corrected chi connectivity index (χ4v) is 5.19. The molecule has 0 saturated carbocycles. The second-order valence-electron chi connectivity index (χ2n) is 8.49. The maximum absolute atomic E-state index is 5.04. The number of hydrogen-bond acceptors (Lipinski definition) is 1. The van der Waals surface area contributed by atoms with E-state index < -0.39 is 0 Å². The molecule has 0 amide bonds. The Morgan fingerprint density at radius 2 is 1.13 bits per heavy atom. The lowest BCUT2D eigenvalue weighted by Gasteiger charge is -2.37. The summed E-state index contributed by atoms with van der Waals surface area (Å²) >= 11 is 0. The van der Waals surface area contributed by atoms with Gasteiger partial charge in [-0.2, -0.15) is 0 Å². The minimum absolute atomic E-state index is 0.182. The van der Waals surface area contributed by atoms with Crippen LogP contribution < -0.4 is 10.2 Å². The highest BCUT2D eigenvalue weighted by Gasteiger charge is 2.31. The molecule has 2 aliphatic rings. The molecule has 0 saturated heterocycles. The van der Waals surface area contributed by atoms with Crippen LogP contribution in [0, 0.1) is 0 Å². The first-order valence-corrected chi connectivity index (χ1v) is 11.2. The van der Waals surface area contributed by atoms with Crippen molar-refractivity contribution in [3.8, 4) is 0 Å². The summed E-state index contributed by atoms with van der Waals surface area (Å²) in [6, 6.07) is 35.6. The number of para-hydroxylation sites is 3. The van der Waals surface area contributed by atoms with Gasteiger partial charge in [0.2, 0.25) is 0 Å². The van der Waals surface area contributed by atoms with Gasteiger partial charge < -0.3 is 4.90 Å². The lowest BCUT2D eigenvalue weighted by atomic mass is 9.90. The zero-order valence-corrected chi connectivity index (χ0v) is 17.5. The van der Waals surface area contributed by atoms with Gasteiger partial charge in [0.1, 0.15) is 0 Å². The molecule has 2 aliphatic heterocycles. The fraction of sp³-hybridized carbons (Fsp3) is 0.172. The fourth-order valence-electron chi connectivity index (χ4n) is 5.19. The molecule has 1 atom stereocenters. The summed E-state index contributed by atoms with van der Waals surface area (Å²) in [5, 5.41) is 5.04. The molecule has 0 aromatic heterocycles. The average Bonchev–Trinajstić information content (AvgIpc) is 2.98. The van der Waals surface area contributed by atoms with E-state index in [1.165, 1.54) is 39.2 Å². The summed E-state index contributed by atoms with van der Waals surface area (Å²) in [7, 11) is 0. The van der Waals surface area contributed by atoms with E-state index in [2.05, 4.69) is 102 Å². The molecule has 1 unspecified atom stereocenters. The Labute approximate surface area is 184 Å². The topological polar surface area (TPSA) is 17.3 Å². The van der Waals surface area contributed by atoms with Crippen LogP contribution in [-0.2, 0) is 25.8 Å². The summed E-state index contributed by atoms with van der Waals surface area (Å²) in [6.07, 6.45) is 3.10. The lowest BCUT2D eigenvalue weighted by Crippen LogP contribution is -2.29. The standard InChI is InChI=1S/C29H25N2/c1-2-12-24-20-30-26-14-6-5-13-25(26)29(19-23(24)11-1)31-27-15-7-3-9-21(27)17-18-22-10-4-8-16-28(22)31/h1-16,29H,17-20H2. The molecule has 151 valence electrons. The van der Waals surface area contributed by atoms with Crippen molar-refractivity contribution in [1.82, 2.24) is 5.32 Å². The zero-order chi connectivity index (χ0) is 20.6. The van der Waals surface area contributed by atoms with Crippen LogP contribution in [0.2, 0.25) is 0 Å². The highest BCUT2D eigenvalue weighted by molar-refractivity contribution is 5.73. The molecule has 6 rings (SSSR count). The van der Waals surface area contributed by atoms with Crippen LogP contribution in [0.25, 0.3) is 0 Å². The third-order valence-electron chi connectivity index (χ3n) is 6.72. The van der Waals surface area contributed by atoms with Gasteiger partial charge in [0.05, 0.1) is 18.3 Å². The first-order chi connectivity index (χ1) is 15.4. The van der Waals surface area contributed by atoms with Crippen LogP contribution in [0.1, 0.15) is 33.9 Å². The molecule has 0 N–H and O–H groups in total. The molecule has 0 aliphatic carbocycles. The van der Waals surface area contributed by atoms with Crippen molar-refractivity contribution in [1.29, 1.82) is 0 Å². The van der Waals surface area contributed by atoms with Crippen LogP contribution in [-0.4, -0.2) is 0 Å². The van der Waals surface area contributed by atoms with Crippen molar-refractivity contribution in [3.05, 3.63) is 125 Å². The maximum Gasteiger partial charge on any atom is 0.0653 e. The van der Waals surface area contributed by atoms with Crippen molar-refractivity contribution in [2.45, 2.75) is 31.8 Å². The first-order valence-electron chi connectivity index (χ1n) is 11.2. The minimum Gasteiger partial charge on any atom is -0.333 e. The van der Waals surface area contributed by atoms with E-state index in [9.17, 15) is 0 Å². The van der Waals surface area contributed by atoms with Gasteiger partial charge in [0, 0.05) is 16.9 Å². The van der Waals surface area contributed by atoms with Gasteiger partial charge in [0.15, 0.2) is 0 Å². The van der Waals surface area contributed by atoms with Crippen molar-refractivity contribution in [2.24, 2.45) is 0 Å². The molecule has 2 heteroatoms. The van der Waals surface area contributed by atoms with Crippen LogP contribution in [0.4, 0.5) is 17.1 Å². The summed E-state index contributed by atoms with van der Waals surface area (Å²) in [5.41, 5.74) is 10.6. The van der Waals surface area contributed by atoms with Crippen LogP contribution in [0.15, 0.2) is 97.1 Å². The summed E-state index contributed by atoms with van der Waals surface area (Å²) < 4.78 is 0. The monoisotopic (exact) mass is 401 g/mol. The highest BCUT2D eigenvalue weighted by Crippen LogP contribution is 2.45. The van der Waals surface area contributed by atoms with E-state index in [1.807, 2.05) is 0 Å². The minimum atomic E-state index is 0.182. The number of nitrogens with zero attached hydrogens (tertiary/aromatic N) is 2. The number of benzene rings is 4. The number of fused-ring (bicyclic) bond motifs is 4. The quantitative estimate of drug-likeness (QED) is 0.349. The van der Waals surface area contributed by atoms with E-state index >= 15 is 0 Å². The molecule has 1 radical (unpaired) electrons. The van der Waals surface area contributed by atoms with Crippen LogP contribution in [0.3, 0.4) is 0 Å². The van der Waals surface area contributed by atoms with Gasteiger partial charge in [-0.15, -0.1) is 0 Å². The third kappa shape index (κ3) is 3.19. The number of hydrogen-bond donors (Lipinski definition) is 0. The second kappa shape index (κ2) is 7.63. The lowest BCUT2D eigenvalue weighted by molar-refractivity contribution is 0.661. The zero-order valence-electron chi connectivity index (χ0n) is 17.5. The largest absolute Gasteiger partial charge is 0.333 e. The Morgan fingerprint density at radius 3 is 1.84 bits per heavy atom. The molecular formula is C29H25N2. The smallest absolute Gasteiger partial charge is 0.0653 e. The Kier molecular flexibility index (Phi) is 4.49. The van der Waals surface area contributed by atoms with Gasteiger partial charge in [-0.3, -0.25) is 5.32 Å². The number of aryl methyl sites for hydroxylation is 2. The Morgan fingerprint density at radius 1 is 0.581 bits per heavy atom. The van der Waals surface area contributed by atoms with Crippen molar-refractivity contribution >= 4 is 17.1 Å². The average molecular weight is 402 g/mol. The first kappa shape index (κ1) is 18.3. The Hall–Kier alpha value is -3.52. The number of anilines is 2. The van der Waals surface area contributed by atoms with Crippen molar-refractivity contribution < 1.29 is 0 Å². The van der Waals surface area contributed by atoms with Gasteiger partial charge in [-0.05, 0) is 59.7 Å². The molecule has 2 nitrogen and oxygen atoms in total. The third-order valence-corrected chi connectivity index (χ3v) is 6.72. The Balaban J connectivity index is 1.60. The van der Waals surface area contributed by atoms with Crippen molar-refractivity contribution in [3.63, 3.8) is 0 Å². The Bertz CT molecular complexity index is 1200. The molecular weight excluding hydrogens is 376 g/mol. The summed E-state index contributed by atoms with van der Waals surface area (Å²) in [6.45, 7) is 0.743. The summed E-state index contributed by atoms with van der Waals surface area (Å²) in [4.78, 5) is 2.59. The van der Waals surface area contributed by atoms with E-state index in [-0.39, 0.29) is 6.04 Å². The maximum atomic E-state index is 5.04. The van der Waals surface area contributed by atoms with E-state index in [0.717, 1.165) is 31.5 Å². The molecule has 4 aromatic carbocycles. The van der Waals surface area contributed by atoms with Gasteiger partial charge in [-0.25, -0.2) is 0 Å². The number of rotatable bonds is 1. The van der Waals surface area contributed by atoms with Gasteiger partial charge >= 0.3 is 0 Å². The molecule has 0 bridgehead atoms. The SMILES string of the molecule is c1ccc2c(c1)C[N]c1ccccc1C(N1c3ccccc3CCc3ccccc31)C2. The summed E-state index contributed by atoms with van der Waals surface area (Å²) in [5.74, 6) is 0.